The summed E-state index contributed by atoms with van der Waals surface area (Å²) in [6, 6.07) is 3.63. The van der Waals surface area contributed by atoms with Crippen LogP contribution < -0.4 is 20.1 Å². The van der Waals surface area contributed by atoms with Crippen molar-refractivity contribution in [3.8, 4) is 29.0 Å². The van der Waals surface area contributed by atoms with E-state index in [1.165, 1.54) is 6.07 Å². The first-order chi connectivity index (χ1) is 23.1. The van der Waals surface area contributed by atoms with Crippen molar-refractivity contribution >= 4 is 54.7 Å². The predicted octanol–water partition coefficient (Wildman–Crippen LogP) is 6.47. The van der Waals surface area contributed by atoms with E-state index in [-0.39, 0.29) is 104 Å². The molecule has 16 heteroatoms. The number of nitrogens with zero attached hydrogens (tertiary/aromatic N) is 5. The van der Waals surface area contributed by atoms with Crippen LogP contribution >= 0.6 is 22.9 Å². The zero-order valence-corrected chi connectivity index (χ0v) is 26.8. The van der Waals surface area contributed by atoms with E-state index in [1.807, 2.05) is 6.07 Å². The lowest BCUT2D eigenvalue weighted by molar-refractivity contribution is -0.0558. The molecule has 2 unspecified atom stereocenters. The summed E-state index contributed by atoms with van der Waals surface area (Å²) in [6.45, 7) is 0.957. The molecule has 0 amide bonds. The molecule has 4 aromatic rings. The SMILES string of the molecule is N#Cc1c(N)sc2c(F)ccc(-c3c(Cl)c4c5c(nc(OC[C@@]67CCCN6C[C@H](F)C7)nc5c3F)N3CCC(C(F)F)OCC3CO4)c12. The van der Waals surface area contributed by atoms with Gasteiger partial charge in [0.05, 0.1) is 38.9 Å². The summed E-state index contributed by atoms with van der Waals surface area (Å²) in [5.41, 5.74) is 5.14. The summed E-state index contributed by atoms with van der Waals surface area (Å²) < 4.78 is 92.0. The van der Waals surface area contributed by atoms with Gasteiger partial charge in [0.1, 0.15) is 53.7 Å². The first kappa shape index (κ1) is 31.6. The standard InChI is InChI=1S/C32H28ClF5N6O3S/c33-23-21(16-2-3-18(35)27-20(16)17(9-39)29(40)48-27)24(36)25-22-26(23)46-12-15-11-45-19(28(37)38)4-7-44(15)30(22)42-31(41-25)47-13-32-5-1-6-43(32)10-14(34)8-32/h2-3,14-15,19,28H,1,4-8,10-13,40H2/t14-,15?,19?,32+/m1/s1. The van der Waals surface area contributed by atoms with E-state index in [0.29, 0.717) is 13.0 Å². The van der Waals surface area contributed by atoms with E-state index in [1.54, 1.807) is 4.90 Å². The number of thiophene rings is 1. The van der Waals surface area contributed by atoms with Gasteiger partial charge in [-0.05, 0) is 37.4 Å². The molecule has 2 aromatic carbocycles. The van der Waals surface area contributed by atoms with Crippen LogP contribution in [0, 0.1) is 23.0 Å². The second-order valence-electron chi connectivity index (χ2n) is 12.7. The third kappa shape index (κ3) is 4.82. The number of fused-ring (bicyclic) bond motifs is 4. The van der Waals surface area contributed by atoms with E-state index in [9.17, 15) is 22.8 Å². The number of anilines is 2. The van der Waals surface area contributed by atoms with Crippen LogP contribution in [0.2, 0.25) is 5.02 Å². The lowest BCUT2D eigenvalue weighted by Crippen LogP contribution is -2.43. The number of halogens is 6. The van der Waals surface area contributed by atoms with Gasteiger partial charge in [-0.25, -0.2) is 22.0 Å². The van der Waals surface area contributed by atoms with Crippen LogP contribution in [0.4, 0.5) is 32.8 Å². The first-order valence-corrected chi connectivity index (χ1v) is 16.7. The summed E-state index contributed by atoms with van der Waals surface area (Å²) in [5.74, 6) is -1.37. The Kier molecular flexibility index (Phi) is 7.70. The first-order valence-electron chi connectivity index (χ1n) is 15.5. The molecular formula is C32H28ClF5N6O3S. The highest BCUT2D eigenvalue weighted by Gasteiger charge is 2.49. The number of hydrogen-bond acceptors (Lipinski definition) is 10. The summed E-state index contributed by atoms with van der Waals surface area (Å²) in [7, 11) is 0. The highest BCUT2D eigenvalue weighted by atomic mass is 35.5. The minimum atomic E-state index is -2.71. The van der Waals surface area contributed by atoms with E-state index < -0.39 is 41.9 Å². The molecule has 3 fully saturated rings. The number of rotatable bonds is 5. The van der Waals surface area contributed by atoms with Crippen molar-refractivity contribution in [1.82, 2.24) is 14.9 Å². The molecule has 0 spiro atoms. The molecule has 252 valence electrons. The third-order valence-corrected chi connectivity index (χ3v) is 11.3. The van der Waals surface area contributed by atoms with Crippen molar-refractivity contribution in [2.45, 2.75) is 56.0 Å². The van der Waals surface area contributed by atoms with Crippen LogP contribution in [0.5, 0.6) is 11.8 Å². The Labute approximate surface area is 279 Å². The van der Waals surface area contributed by atoms with Crippen molar-refractivity contribution < 1.29 is 36.2 Å². The van der Waals surface area contributed by atoms with Crippen molar-refractivity contribution in [3.05, 3.63) is 34.4 Å². The van der Waals surface area contributed by atoms with Gasteiger partial charge in [-0.15, -0.1) is 11.3 Å². The molecular weight excluding hydrogens is 679 g/mol. The quantitative estimate of drug-likeness (QED) is 0.234. The van der Waals surface area contributed by atoms with Gasteiger partial charge in [0.25, 0.3) is 6.43 Å². The average Bonchev–Trinajstić information content (AvgIpc) is 3.59. The molecule has 4 aliphatic rings. The molecule has 0 aliphatic carbocycles. The molecule has 4 atom stereocenters. The van der Waals surface area contributed by atoms with Crippen molar-refractivity contribution in [3.63, 3.8) is 0 Å². The monoisotopic (exact) mass is 706 g/mol. The Bertz CT molecular complexity index is 2010. The Morgan fingerprint density at radius 1 is 1.21 bits per heavy atom. The summed E-state index contributed by atoms with van der Waals surface area (Å²) in [6.07, 6.45) is -3.20. The maximum Gasteiger partial charge on any atom is 0.319 e. The second kappa shape index (κ2) is 11.7. The largest absolute Gasteiger partial charge is 0.489 e. The molecule has 0 saturated carbocycles. The highest BCUT2D eigenvalue weighted by Crippen LogP contribution is 2.51. The van der Waals surface area contributed by atoms with Crippen LogP contribution in [0.15, 0.2) is 12.1 Å². The second-order valence-corrected chi connectivity index (χ2v) is 14.1. The number of nitrogens with two attached hydrogens (primary N) is 1. The fourth-order valence-corrected chi connectivity index (χ4v) is 8.97. The zero-order chi connectivity index (χ0) is 33.5. The molecule has 4 aliphatic heterocycles. The Balaban J connectivity index is 1.33. The number of nitrogen functional groups attached to an aromatic ring is 1. The molecule has 9 nitrogen and oxygen atoms in total. The van der Waals surface area contributed by atoms with Crippen LogP contribution in [-0.2, 0) is 4.74 Å². The molecule has 0 bridgehead atoms. The van der Waals surface area contributed by atoms with Gasteiger partial charge in [0.2, 0.25) is 0 Å². The molecule has 3 saturated heterocycles. The number of aromatic nitrogens is 2. The fourth-order valence-electron chi connectivity index (χ4n) is 7.69. The Hall–Kier alpha value is -3.71. The van der Waals surface area contributed by atoms with Gasteiger partial charge in [0.15, 0.2) is 11.6 Å². The summed E-state index contributed by atoms with van der Waals surface area (Å²) in [5, 5.41) is 9.97. The molecule has 2 N–H and O–H groups in total. The van der Waals surface area contributed by atoms with Crippen LogP contribution in [0.3, 0.4) is 0 Å². The van der Waals surface area contributed by atoms with E-state index >= 15 is 4.39 Å². The molecule has 6 heterocycles. The van der Waals surface area contributed by atoms with Crippen molar-refractivity contribution in [2.75, 3.05) is 50.1 Å². The van der Waals surface area contributed by atoms with Gasteiger partial charge in [0, 0.05) is 30.5 Å². The van der Waals surface area contributed by atoms with Gasteiger partial charge >= 0.3 is 6.01 Å². The van der Waals surface area contributed by atoms with Crippen molar-refractivity contribution in [2.24, 2.45) is 0 Å². The highest BCUT2D eigenvalue weighted by molar-refractivity contribution is 7.23. The summed E-state index contributed by atoms with van der Waals surface area (Å²) >= 11 is 7.82. The summed E-state index contributed by atoms with van der Waals surface area (Å²) in [4.78, 5) is 13.0. The van der Waals surface area contributed by atoms with Crippen LogP contribution in [-0.4, -0.2) is 84.6 Å². The van der Waals surface area contributed by atoms with Gasteiger partial charge in [-0.3, -0.25) is 4.90 Å². The molecule has 2 aromatic heterocycles. The maximum absolute atomic E-state index is 17.1. The number of ether oxygens (including phenoxy) is 3. The fraction of sp³-hybridized carbons (Fsp3) is 0.469. The molecule has 48 heavy (non-hydrogen) atoms. The zero-order valence-electron chi connectivity index (χ0n) is 25.2. The van der Waals surface area contributed by atoms with Gasteiger partial charge in [-0.2, -0.15) is 15.2 Å². The number of benzene rings is 2. The Morgan fingerprint density at radius 3 is 2.83 bits per heavy atom. The molecule has 8 rings (SSSR count). The number of alkyl halides is 3. The van der Waals surface area contributed by atoms with Crippen LogP contribution in [0.1, 0.15) is 31.2 Å². The lowest BCUT2D eigenvalue weighted by Gasteiger charge is -2.31. The number of hydrogen-bond donors (Lipinski definition) is 1. The van der Waals surface area contributed by atoms with Gasteiger partial charge < -0.3 is 24.8 Å². The van der Waals surface area contributed by atoms with Gasteiger partial charge in [-0.1, -0.05) is 17.7 Å². The van der Waals surface area contributed by atoms with E-state index in [0.717, 1.165) is 30.4 Å². The van der Waals surface area contributed by atoms with Crippen molar-refractivity contribution in [1.29, 1.82) is 5.26 Å². The smallest absolute Gasteiger partial charge is 0.319 e. The third-order valence-electron chi connectivity index (χ3n) is 9.94. The van der Waals surface area contributed by atoms with E-state index in [2.05, 4.69) is 14.9 Å². The predicted molar refractivity (Wildman–Crippen MR) is 170 cm³/mol. The Morgan fingerprint density at radius 2 is 2.04 bits per heavy atom. The average molecular weight is 707 g/mol. The topological polar surface area (TPSA) is 110 Å². The minimum Gasteiger partial charge on any atom is -0.489 e. The number of nitriles is 1. The normalized spacial score (nSPS) is 25.5. The van der Waals surface area contributed by atoms with E-state index in [4.69, 9.17) is 31.5 Å². The molecule has 0 radical (unpaired) electrons. The minimum absolute atomic E-state index is 0.0264. The maximum atomic E-state index is 17.1. The lowest BCUT2D eigenvalue weighted by atomic mass is 9.95. The van der Waals surface area contributed by atoms with Crippen LogP contribution in [0.25, 0.3) is 32.1 Å².